The number of benzene rings is 3. The summed E-state index contributed by atoms with van der Waals surface area (Å²) in [5, 5.41) is 5.02. The molecule has 1 heterocycles. The summed E-state index contributed by atoms with van der Waals surface area (Å²) in [5.74, 6) is 0.0236. The lowest BCUT2D eigenvalue weighted by molar-refractivity contribution is -0.136. The molecule has 0 saturated carbocycles. The Bertz CT molecular complexity index is 1230. The van der Waals surface area contributed by atoms with Crippen LogP contribution in [0.15, 0.2) is 80.3 Å². The van der Waals surface area contributed by atoms with Crippen LogP contribution in [0.4, 0.5) is 0 Å². The van der Waals surface area contributed by atoms with Crippen molar-refractivity contribution in [2.75, 3.05) is 0 Å². The molecule has 0 unspecified atom stereocenters. The van der Waals surface area contributed by atoms with Crippen molar-refractivity contribution < 1.29 is 14.4 Å². The summed E-state index contributed by atoms with van der Waals surface area (Å²) in [6, 6.07) is 18.3. The smallest absolute Gasteiger partial charge is 0.368 e. The lowest BCUT2D eigenvalue weighted by atomic mass is 10.0. The fourth-order valence-electron chi connectivity index (χ4n) is 3.00. The van der Waals surface area contributed by atoms with Gasteiger partial charge in [-0.1, -0.05) is 80.7 Å². The van der Waals surface area contributed by atoms with E-state index in [0.29, 0.717) is 37.1 Å². The molecule has 0 aromatic heterocycles. The molecule has 31 heavy (non-hydrogen) atoms. The maximum absolute atomic E-state index is 12.4. The lowest BCUT2D eigenvalue weighted by Gasteiger charge is -2.14. The first kappa shape index (κ1) is 22.1. The number of halogens is 4. The van der Waals surface area contributed by atoms with Gasteiger partial charge in [-0.2, -0.15) is 0 Å². The molecule has 0 N–H and O–H groups in total. The van der Waals surface area contributed by atoms with Crippen LogP contribution in [0.2, 0.25) is 10.0 Å². The molecule has 4 rings (SSSR count). The second kappa shape index (κ2) is 9.57. The van der Waals surface area contributed by atoms with E-state index in [4.69, 9.17) is 32.8 Å². The van der Waals surface area contributed by atoms with Gasteiger partial charge in [-0.05, 0) is 46.3 Å². The molecule has 0 bridgehead atoms. The van der Waals surface area contributed by atoms with E-state index in [2.05, 4.69) is 37.0 Å². The highest BCUT2D eigenvalue weighted by atomic mass is 79.9. The van der Waals surface area contributed by atoms with E-state index < -0.39 is 5.97 Å². The average Bonchev–Trinajstić information content (AvgIpc) is 3.09. The fourth-order valence-corrected chi connectivity index (χ4v) is 4.83. The Morgan fingerprint density at radius 2 is 1.81 bits per heavy atom. The molecule has 0 spiro atoms. The molecule has 0 atom stereocenters. The minimum Gasteiger partial charge on any atom is -0.487 e. The van der Waals surface area contributed by atoms with Crippen molar-refractivity contribution in [3.8, 4) is 5.75 Å². The van der Waals surface area contributed by atoms with Crippen molar-refractivity contribution in [3.05, 3.63) is 102 Å². The van der Waals surface area contributed by atoms with E-state index in [1.54, 1.807) is 18.2 Å². The summed E-state index contributed by atoms with van der Waals surface area (Å²) in [6.45, 7) is 0.219. The second-order valence-corrected chi connectivity index (χ2v) is 9.19. The van der Waals surface area contributed by atoms with E-state index in [1.165, 1.54) is 0 Å². The highest BCUT2D eigenvalue weighted by Gasteiger charge is 2.27. The molecule has 3 aromatic carbocycles. The summed E-state index contributed by atoms with van der Waals surface area (Å²) in [4.78, 5) is 17.3. The van der Waals surface area contributed by atoms with E-state index in [-0.39, 0.29) is 6.61 Å². The summed E-state index contributed by atoms with van der Waals surface area (Å²) in [6.07, 6.45) is 1.70. The minimum atomic E-state index is -0.526. The first-order chi connectivity index (χ1) is 14.9. The standard InChI is InChI=1S/C23H13Br2Cl2NO3/c24-16-8-15(9-18-21(28-31-23(18)29)13-4-2-1-3-5-13)22(19(25)10-16)30-12-14-6-7-17(26)11-20(14)27/h1-11H,12H2/b18-9-. The molecule has 0 amide bonds. The Morgan fingerprint density at radius 3 is 2.55 bits per heavy atom. The van der Waals surface area contributed by atoms with Gasteiger partial charge in [0.15, 0.2) is 0 Å². The van der Waals surface area contributed by atoms with Crippen molar-refractivity contribution in [2.45, 2.75) is 6.61 Å². The third-order valence-corrected chi connectivity index (χ3v) is 6.10. The zero-order valence-electron chi connectivity index (χ0n) is 15.7. The fraction of sp³-hybridized carbons (Fsp3) is 0.0435. The molecule has 0 fully saturated rings. The molecule has 1 aliphatic heterocycles. The van der Waals surface area contributed by atoms with Crippen LogP contribution in [-0.4, -0.2) is 11.7 Å². The van der Waals surface area contributed by atoms with Crippen LogP contribution < -0.4 is 4.74 Å². The summed E-state index contributed by atoms with van der Waals surface area (Å²) in [7, 11) is 0. The molecule has 0 radical (unpaired) electrons. The quantitative estimate of drug-likeness (QED) is 0.232. The first-order valence-corrected chi connectivity index (χ1v) is 11.4. The van der Waals surface area contributed by atoms with E-state index in [0.717, 1.165) is 15.6 Å². The van der Waals surface area contributed by atoms with Gasteiger partial charge in [-0.25, -0.2) is 4.79 Å². The number of nitrogens with zero attached hydrogens (tertiary/aromatic N) is 1. The predicted octanol–water partition coefficient (Wildman–Crippen LogP) is 7.44. The molecule has 8 heteroatoms. The zero-order chi connectivity index (χ0) is 22.0. The van der Waals surface area contributed by atoms with Crippen LogP contribution in [0, 0.1) is 0 Å². The van der Waals surface area contributed by atoms with Crippen molar-refractivity contribution in [1.82, 2.24) is 0 Å². The highest BCUT2D eigenvalue weighted by Crippen LogP contribution is 2.36. The molecule has 1 aliphatic rings. The number of carbonyl (C=O) groups excluding carboxylic acids is 1. The third-order valence-electron chi connectivity index (χ3n) is 4.47. The van der Waals surface area contributed by atoms with Crippen molar-refractivity contribution in [2.24, 2.45) is 5.16 Å². The predicted molar refractivity (Wildman–Crippen MR) is 130 cm³/mol. The Morgan fingerprint density at radius 1 is 1.03 bits per heavy atom. The van der Waals surface area contributed by atoms with Crippen LogP contribution in [0.3, 0.4) is 0 Å². The summed E-state index contributed by atoms with van der Waals surface area (Å²) >= 11 is 19.3. The summed E-state index contributed by atoms with van der Waals surface area (Å²) < 4.78 is 7.61. The first-order valence-electron chi connectivity index (χ1n) is 9.05. The number of carbonyl (C=O) groups is 1. The number of hydrogen-bond acceptors (Lipinski definition) is 4. The van der Waals surface area contributed by atoms with Crippen molar-refractivity contribution in [1.29, 1.82) is 0 Å². The van der Waals surface area contributed by atoms with Gasteiger partial charge >= 0.3 is 5.97 Å². The number of oxime groups is 1. The third kappa shape index (κ3) is 5.04. The number of ether oxygens (including phenoxy) is 1. The maximum atomic E-state index is 12.4. The van der Waals surface area contributed by atoms with Crippen LogP contribution >= 0.6 is 55.1 Å². The van der Waals surface area contributed by atoms with E-state index in [9.17, 15) is 4.79 Å². The van der Waals surface area contributed by atoms with Gasteiger partial charge in [0.05, 0.1) is 10.0 Å². The van der Waals surface area contributed by atoms with Gasteiger partial charge in [-0.3, -0.25) is 0 Å². The molecule has 0 aliphatic carbocycles. The molecule has 156 valence electrons. The van der Waals surface area contributed by atoms with Gasteiger partial charge in [0.1, 0.15) is 18.1 Å². The summed E-state index contributed by atoms with van der Waals surface area (Å²) in [5.41, 5.74) is 3.04. The molecule has 3 aromatic rings. The van der Waals surface area contributed by atoms with Crippen molar-refractivity contribution >= 4 is 72.8 Å². The van der Waals surface area contributed by atoms with Gasteiger partial charge in [0.2, 0.25) is 0 Å². The number of hydrogen-bond donors (Lipinski definition) is 0. The monoisotopic (exact) mass is 579 g/mol. The van der Waals surface area contributed by atoms with Crippen molar-refractivity contribution in [3.63, 3.8) is 0 Å². The Balaban J connectivity index is 1.71. The number of rotatable bonds is 5. The van der Waals surface area contributed by atoms with E-state index >= 15 is 0 Å². The Hall–Kier alpha value is -2.12. The second-order valence-electron chi connectivity index (χ2n) is 6.57. The molecule has 4 nitrogen and oxygen atoms in total. The average molecular weight is 582 g/mol. The Labute approximate surface area is 205 Å². The van der Waals surface area contributed by atoms with Crippen LogP contribution in [0.1, 0.15) is 16.7 Å². The lowest BCUT2D eigenvalue weighted by Crippen LogP contribution is -2.07. The van der Waals surface area contributed by atoms with Crippen LogP contribution in [0.5, 0.6) is 5.75 Å². The van der Waals surface area contributed by atoms with Gasteiger partial charge < -0.3 is 9.57 Å². The van der Waals surface area contributed by atoms with Crippen LogP contribution in [-0.2, 0) is 16.2 Å². The largest absolute Gasteiger partial charge is 0.487 e. The topological polar surface area (TPSA) is 47.9 Å². The Kier molecular flexibility index (Phi) is 6.82. The highest BCUT2D eigenvalue weighted by molar-refractivity contribution is 9.11. The minimum absolute atomic E-state index is 0.219. The normalized spacial score (nSPS) is 14.5. The molecular formula is C23H13Br2Cl2NO3. The van der Waals surface area contributed by atoms with Crippen LogP contribution in [0.25, 0.3) is 6.08 Å². The molecular weight excluding hydrogens is 569 g/mol. The maximum Gasteiger partial charge on any atom is 0.368 e. The van der Waals surface area contributed by atoms with Gasteiger partial charge in [0.25, 0.3) is 0 Å². The van der Waals surface area contributed by atoms with Gasteiger partial charge in [0, 0.05) is 31.2 Å². The van der Waals surface area contributed by atoms with Gasteiger partial charge in [-0.15, -0.1) is 0 Å². The zero-order valence-corrected chi connectivity index (χ0v) is 20.4. The SMILES string of the molecule is O=C1ON=C(c2ccccc2)/C1=C/c1cc(Br)cc(Br)c1OCc1ccc(Cl)cc1Cl. The molecule has 0 saturated heterocycles. The van der Waals surface area contributed by atoms with E-state index in [1.807, 2.05) is 48.5 Å².